The van der Waals surface area contributed by atoms with E-state index in [0.29, 0.717) is 44.9 Å². The number of carbonyl (C=O) groups excluding carboxylic acids is 2. The number of amides is 1. The molecule has 1 atom stereocenters. The first kappa shape index (κ1) is 31.5. The average molecular weight is 719 g/mol. The number of ether oxygens (including phenoxy) is 2. The molecule has 1 N–H and O–H groups in total. The number of hydrogen-bond acceptors (Lipinski definition) is 9. The Kier molecular flexibility index (Phi) is 9.48. The van der Waals surface area contributed by atoms with E-state index in [9.17, 15) is 19.1 Å². The first-order valence-corrected chi connectivity index (χ1v) is 16.5. The number of Topliss-reactive ketones (excluding diaryl/α,β-unsaturated/α-hetero) is 1. The van der Waals surface area contributed by atoms with Crippen molar-refractivity contribution < 1.29 is 28.6 Å². The second kappa shape index (κ2) is 13.9. The minimum atomic E-state index is -1.06. The molecule has 2 heterocycles. The van der Waals surface area contributed by atoms with Crippen LogP contribution in [0, 0.1) is 5.82 Å². The largest absolute Gasteiger partial charge is 0.507 e. The highest BCUT2D eigenvalue weighted by Crippen LogP contribution is 2.45. The Morgan fingerprint density at radius 3 is 2.46 bits per heavy atom. The predicted molar refractivity (Wildman–Crippen MR) is 179 cm³/mol. The lowest BCUT2D eigenvalue weighted by molar-refractivity contribution is -0.132. The predicted octanol–water partition coefficient (Wildman–Crippen LogP) is 7.95. The van der Waals surface area contributed by atoms with Gasteiger partial charge in [0.25, 0.3) is 5.78 Å². The summed E-state index contributed by atoms with van der Waals surface area (Å²) in [4.78, 5) is 28.5. The molecule has 0 bridgehead atoms. The van der Waals surface area contributed by atoms with Crippen LogP contribution in [0.25, 0.3) is 5.76 Å². The van der Waals surface area contributed by atoms with Gasteiger partial charge in [0.1, 0.15) is 18.2 Å². The highest BCUT2D eigenvalue weighted by atomic mass is 79.9. The van der Waals surface area contributed by atoms with Gasteiger partial charge in [0, 0.05) is 15.8 Å². The van der Waals surface area contributed by atoms with Crippen molar-refractivity contribution in [2.45, 2.75) is 22.7 Å². The second-order valence-corrected chi connectivity index (χ2v) is 13.2. The Hall–Kier alpha value is -4.52. The van der Waals surface area contributed by atoms with Crippen LogP contribution in [0.1, 0.15) is 28.3 Å². The molecule has 1 aliphatic heterocycles. The lowest BCUT2D eigenvalue weighted by Crippen LogP contribution is -2.29. The van der Waals surface area contributed by atoms with Gasteiger partial charge in [-0.1, -0.05) is 106 Å². The summed E-state index contributed by atoms with van der Waals surface area (Å²) in [5.41, 5.74) is 2.21. The van der Waals surface area contributed by atoms with Crippen molar-refractivity contribution >= 4 is 61.6 Å². The van der Waals surface area contributed by atoms with Gasteiger partial charge in [-0.25, -0.2) is 4.39 Å². The summed E-state index contributed by atoms with van der Waals surface area (Å²) >= 11 is 5.74. The molecule has 0 spiro atoms. The average Bonchev–Trinajstić information content (AvgIpc) is 3.65. The summed E-state index contributed by atoms with van der Waals surface area (Å²) in [6, 6.07) is 26.9. The zero-order chi connectivity index (χ0) is 32.2. The van der Waals surface area contributed by atoms with E-state index in [-0.39, 0.29) is 22.3 Å². The van der Waals surface area contributed by atoms with Crippen LogP contribution in [0.15, 0.2) is 111 Å². The fourth-order valence-electron chi connectivity index (χ4n) is 4.93. The van der Waals surface area contributed by atoms with Gasteiger partial charge in [-0.05, 0) is 47.0 Å². The number of thioether (sulfide) groups is 1. The lowest BCUT2D eigenvalue weighted by atomic mass is 9.95. The molecule has 1 saturated heterocycles. The number of ketones is 1. The van der Waals surface area contributed by atoms with Crippen molar-refractivity contribution in [2.24, 2.45) is 0 Å². The Bertz CT molecular complexity index is 1940. The lowest BCUT2D eigenvalue weighted by Gasteiger charge is -2.23. The minimum absolute atomic E-state index is 0.108. The van der Waals surface area contributed by atoms with E-state index in [2.05, 4.69) is 26.1 Å². The topological polar surface area (TPSA) is 102 Å². The Morgan fingerprint density at radius 1 is 0.978 bits per heavy atom. The van der Waals surface area contributed by atoms with Crippen LogP contribution >= 0.6 is 39.0 Å². The second-order valence-electron chi connectivity index (χ2n) is 10.1. The van der Waals surface area contributed by atoms with E-state index < -0.39 is 17.7 Å². The molecule has 0 radical (unpaired) electrons. The van der Waals surface area contributed by atoms with Gasteiger partial charge in [0.05, 0.1) is 18.7 Å². The summed E-state index contributed by atoms with van der Waals surface area (Å²) in [5, 5.41) is 20.1. The van der Waals surface area contributed by atoms with Gasteiger partial charge in [0.2, 0.25) is 5.13 Å². The molecule has 6 rings (SSSR count). The van der Waals surface area contributed by atoms with Crippen molar-refractivity contribution in [1.82, 2.24) is 10.2 Å². The van der Waals surface area contributed by atoms with Gasteiger partial charge < -0.3 is 14.6 Å². The molecular formula is C34H25BrFN3O5S2. The van der Waals surface area contributed by atoms with E-state index in [0.717, 1.165) is 21.4 Å². The fraction of sp³-hybridized carbons (Fsp3) is 0.118. The van der Waals surface area contributed by atoms with Gasteiger partial charge >= 0.3 is 5.91 Å². The molecule has 232 valence electrons. The van der Waals surface area contributed by atoms with E-state index in [4.69, 9.17) is 9.47 Å². The van der Waals surface area contributed by atoms with Crippen molar-refractivity contribution in [3.05, 3.63) is 135 Å². The number of carbonyl (C=O) groups is 2. The number of aromatic nitrogens is 2. The third kappa shape index (κ3) is 6.55. The van der Waals surface area contributed by atoms with Crippen LogP contribution in [0.2, 0.25) is 0 Å². The van der Waals surface area contributed by atoms with Gasteiger partial charge in [-0.15, -0.1) is 10.2 Å². The molecular weight excluding hydrogens is 693 g/mol. The summed E-state index contributed by atoms with van der Waals surface area (Å²) in [5.74, 6) is -1.26. The van der Waals surface area contributed by atoms with E-state index in [1.807, 2.05) is 30.3 Å². The number of aliphatic hydroxyl groups excluding tert-OH is 1. The SMILES string of the molecule is COc1cc(C2/C(=C(/O)c3ccc(Br)cc3)C(=O)C(=O)N2c2nnc(SCc3ccccc3F)s2)ccc1OCc1ccccc1. The molecule has 46 heavy (non-hydrogen) atoms. The van der Waals surface area contributed by atoms with Gasteiger partial charge in [0.15, 0.2) is 15.8 Å². The molecule has 8 nitrogen and oxygen atoms in total. The van der Waals surface area contributed by atoms with E-state index >= 15 is 0 Å². The van der Waals surface area contributed by atoms with Gasteiger partial charge in [-0.2, -0.15) is 0 Å². The highest BCUT2D eigenvalue weighted by Gasteiger charge is 2.48. The highest BCUT2D eigenvalue weighted by molar-refractivity contribution is 9.10. The Morgan fingerprint density at radius 2 is 1.72 bits per heavy atom. The van der Waals surface area contributed by atoms with Crippen molar-refractivity contribution in [2.75, 3.05) is 12.0 Å². The van der Waals surface area contributed by atoms with Crippen LogP contribution in [0.5, 0.6) is 11.5 Å². The molecule has 0 aliphatic carbocycles. The summed E-state index contributed by atoms with van der Waals surface area (Å²) in [6.07, 6.45) is 0. The maximum atomic E-state index is 14.2. The number of nitrogens with zero attached hydrogens (tertiary/aromatic N) is 3. The zero-order valence-electron chi connectivity index (χ0n) is 24.2. The summed E-state index contributed by atoms with van der Waals surface area (Å²) in [6.45, 7) is 0.302. The number of benzene rings is 4. The third-order valence-corrected chi connectivity index (χ3v) is 9.85. The smallest absolute Gasteiger partial charge is 0.301 e. The first-order valence-electron chi connectivity index (χ1n) is 14.0. The number of halogens is 2. The molecule has 4 aromatic carbocycles. The number of anilines is 1. The van der Waals surface area contributed by atoms with Gasteiger partial charge in [-0.3, -0.25) is 14.5 Å². The van der Waals surface area contributed by atoms with Crippen LogP contribution in [0.3, 0.4) is 0 Å². The third-order valence-electron chi connectivity index (χ3n) is 7.21. The summed E-state index contributed by atoms with van der Waals surface area (Å²) in [7, 11) is 1.50. The quantitative estimate of drug-likeness (QED) is 0.0511. The monoisotopic (exact) mass is 717 g/mol. The van der Waals surface area contributed by atoms with Crippen LogP contribution in [0.4, 0.5) is 9.52 Å². The molecule has 5 aromatic rings. The minimum Gasteiger partial charge on any atom is -0.507 e. The molecule has 1 fully saturated rings. The maximum absolute atomic E-state index is 14.2. The number of hydrogen-bond donors (Lipinski definition) is 1. The first-order chi connectivity index (χ1) is 22.3. The standard InChI is InChI=1S/C34H25BrFN3O5S2/c1-43-27-17-22(13-16-26(27)44-18-20-7-3-2-4-8-20)29-28(30(40)21-11-14-24(35)15-12-21)31(41)32(42)39(29)33-37-38-34(46-33)45-19-23-9-5-6-10-25(23)36/h2-17,29,40H,18-19H2,1H3/b30-28-. The van der Waals surface area contributed by atoms with E-state index in [1.54, 1.807) is 60.7 Å². The molecule has 1 amide bonds. The molecule has 1 unspecified atom stereocenters. The summed E-state index contributed by atoms with van der Waals surface area (Å²) < 4.78 is 27.1. The fourth-order valence-corrected chi connectivity index (χ4v) is 7.05. The van der Waals surface area contributed by atoms with Crippen molar-refractivity contribution in [3.8, 4) is 11.5 Å². The molecule has 0 saturated carbocycles. The number of methoxy groups -OCH3 is 1. The Balaban J connectivity index is 1.38. The van der Waals surface area contributed by atoms with Crippen molar-refractivity contribution in [1.29, 1.82) is 0 Å². The maximum Gasteiger partial charge on any atom is 0.301 e. The molecule has 12 heteroatoms. The van der Waals surface area contributed by atoms with E-state index in [1.165, 1.54) is 29.8 Å². The van der Waals surface area contributed by atoms with Crippen LogP contribution in [-0.4, -0.2) is 34.1 Å². The number of rotatable bonds is 10. The van der Waals surface area contributed by atoms with Crippen LogP contribution in [-0.2, 0) is 21.9 Å². The zero-order valence-corrected chi connectivity index (χ0v) is 27.4. The molecule has 1 aromatic heterocycles. The molecule has 1 aliphatic rings. The number of aliphatic hydroxyl groups is 1. The normalized spacial score (nSPS) is 15.7. The Labute approximate surface area is 280 Å². The van der Waals surface area contributed by atoms with Crippen LogP contribution < -0.4 is 14.4 Å². The van der Waals surface area contributed by atoms with Crippen molar-refractivity contribution in [3.63, 3.8) is 0 Å².